The lowest BCUT2D eigenvalue weighted by molar-refractivity contribution is -0.163. The van der Waals surface area contributed by atoms with Crippen molar-refractivity contribution in [3.05, 3.63) is 66.0 Å². The van der Waals surface area contributed by atoms with E-state index >= 15 is 4.39 Å². The Kier molecular flexibility index (Phi) is 9.18. The average Bonchev–Trinajstić information content (AvgIpc) is 3.57. The van der Waals surface area contributed by atoms with Crippen LogP contribution in [0.2, 0.25) is 0 Å². The molecule has 10 rings (SSSR count). The SMILES string of the molecule is O=C(NC1(C(=O)O)C2CC3CC(C2)CC1C3)c1ccc(-c2cn(C3CCC(F)(F)CC3)c3c(F)c(OC4CCN(c5ncccn5)CC4)ccc23)nc1C(F)(F)F. The number of carboxylic acids is 1. The van der Waals surface area contributed by atoms with Gasteiger partial charge in [-0.15, -0.1) is 0 Å². The van der Waals surface area contributed by atoms with Crippen molar-refractivity contribution in [3.8, 4) is 17.0 Å². The Labute approximate surface area is 324 Å². The summed E-state index contributed by atoms with van der Waals surface area (Å²) in [5.41, 5.74) is -4.10. The van der Waals surface area contributed by atoms with Gasteiger partial charge in [-0.25, -0.2) is 32.9 Å². The Balaban J connectivity index is 1.05. The minimum atomic E-state index is -5.12. The first-order chi connectivity index (χ1) is 27.2. The molecule has 1 aliphatic heterocycles. The quantitative estimate of drug-likeness (QED) is 0.171. The molecule has 57 heavy (non-hydrogen) atoms. The van der Waals surface area contributed by atoms with Crippen LogP contribution in [0.4, 0.5) is 32.3 Å². The largest absolute Gasteiger partial charge is 0.487 e. The number of aliphatic carboxylic acids is 1. The summed E-state index contributed by atoms with van der Waals surface area (Å²) in [5, 5.41) is 13.3. The van der Waals surface area contributed by atoms with Crippen molar-refractivity contribution in [3.63, 3.8) is 0 Å². The predicted octanol–water partition coefficient (Wildman–Crippen LogP) is 8.46. The summed E-state index contributed by atoms with van der Waals surface area (Å²) in [6, 6.07) is 6.30. The van der Waals surface area contributed by atoms with Crippen molar-refractivity contribution < 1.29 is 45.8 Å². The van der Waals surface area contributed by atoms with Crippen molar-refractivity contribution in [1.29, 1.82) is 0 Å². The van der Waals surface area contributed by atoms with Crippen LogP contribution in [0.3, 0.4) is 0 Å². The highest BCUT2D eigenvalue weighted by molar-refractivity contribution is 6.01. The summed E-state index contributed by atoms with van der Waals surface area (Å²) in [4.78, 5) is 41.2. The topological polar surface area (TPSA) is 122 Å². The van der Waals surface area contributed by atoms with Crippen LogP contribution in [0.5, 0.6) is 5.75 Å². The van der Waals surface area contributed by atoms with Gasteiger partial charge in [0.15, 0.2) is 17.3 Å². The van der Waals surface area contributed by atoms with Crippen LogP contribution >= 0.6 is 0 Å². The zero-order chi connectivity index (χ0) is 39.9. The minimum Gasteiger partial charge on any atom is -0.487 e. The molecular weight excluding hydrogens is 754 g/mol. The fraction of sp³-hybridized carbons (Fsp3) is 0.537. The van der Waals surface area contributed by atoms with Gasteiger partial charge in [0.2, 0.25) is 11.9 Å². The van der Waals surface area contributed by atoms with Crippen molar-refractivity contribution >= 4 is 28.7 Å². The lowest BCUT2D eigenvalue weighted by atomic mass is 9.48. The zero-order valence-electron chi connectivity index (χ0n) is 31.0. The number of piperidine rings is 1. The number of rotatable bonds is 8. The van der Waals surface area contributed by atoms with Crippen molar-refractivity contribution in [1.82, 2.24) is 24.8 Å². The lowest BCUT2D eigenvalue weighted by Crippen LogP contribution is -2.70. The van der Waals surface area contributed by atoms with E-state index in [0.717, 1.165) is 12.5 Å². The van der Waals surface area contributed by atoms with Gasteiger partial charge < -0.3 is 24.6 Å². The highest BCUT2D eigenvalue weighted by atomic mass is 19.4. The number of pyridine rings is 1. The molecule has 4 bridgehead atoms. The molecular formula is C41H42F6N6O4. The van der Waals surface area contributed by atoms with E-state index in [-0.39, 0.29) is 58.7 Å². The van der Waals surface area contributed by atoms with Gasteiger partial charge in [0.05, 0.1) is 16.8 Å². The molecule has 10 nitrogen and oxygen atoms in total. The summed E-state index contributed by atoms with van der Waals surface area (Å²) in [7, 11) is 0. The molecule has 16 heteroatoms. The van der Waals surface area contributed by atoms with E-state index in [9.17, 15) is 36.6 Å². The van der Waals surface area contributed by atoms with E-state index in [1.807, 2.05) is 4.90 Å². The number of amides is 1. The van der Waals surface area contributed by atoms with Crippen LogP contribution in [0, 0.1) is 29.5 Å². The maximum absolute atomic E-state index is 16.7. The second-order valence-corrected chi connectivity index (χ2v) is 16.7. The summed E-state index contributed by atoms with van der Waals surface area (Å²) >= 11 is 0. The highest BCUT2D eigenvalue weighted by Crippen LogP contribution is 2.58. The van der Waals surface area contributed by atoms with Crippen LogP contribution in [0.15, 0.2) is 48.9 Å². The summed E-state index contributed by atoms with van der Waals surface area (Å²) in [6.45, 7) is 1.13. The van der Waals surface area contributed by atoms with E-state index in [0.29, 0.717) is 69.4 Å². The third kappa shape index (κ3) is 6.65. The van der Waals surface area contributed by atoms with E-state index in [1.54, 1.807) is 18.5 Å². The van der Waals surface area contributed by atoms with Gasteiger partial charge in [-0.2, -0.15) is 13.2 Å². The fourth-order valence-electron chi connectivity index (χ4n) is 10.8. The number of nitrogens with one attached hydrogen (secondary N) is 1. The minimum absolute atomic E-state index is 0.00435. The maximum Gasteiger partial charge on any atom is 0.434 e. The number of halogens is 6. The summed E-state index contributed by atoms with van der Waals surface area (Å²) in [5.74, 6) is -5.64. The van der Waals surface area contributed by atoms with Gasteiger partial charge in [-0.1, -0.05) is 0 Å². The molecule has 0 atom stereocenters. The molecule has 0 unspecified atom stereocenters. The van der Waals surface area contributed by atoms with Crippen LogP contribution in [0.25, 0.3) is 22.2 Å². The third-order valence-electron chi connectivity index (χ3n) is 13.3. The van der Waals surface area contributed by atoms with Crippen molar-refractivity contribution in [2.45, 2.75) is 100 Å². The van der Waals surface area contributed by atoms with Gasteiger partial charge in [-0.05, 0) is 98.9 Å². The molecule has 1 amide bonds. The van der Waals surface area contributed by atoms with Crippen LogP contribution in [0.1, 0.15) is 92.7 Å². The first kappa shape index (κ1) is 37.7. The van der Waals surface area contributed by atoms with Gasteiger partial charge in [0, 0.05) is 74.4 Å². The van der Waals surface area contributed by atoms with E-state index in [1.165, 1.54) is 29.0 Å². The van der Waals surface area contributed by atoms with Gasteiger partial charge in [0.1, 0.15) is 11.6 Å². The first-order valence-corrected chi connectivity index (χ1v) is 19.7. The molecule has 1 aromatic carbocycles. The van der Waals surface area contributed by atoms with Gasteiger partial charge in [-0.3, -0.25) is 4.79 Å². The smallest absolute Gasteiger partial charge is 0.434 e. The van der Waals surface area contributed by atoms with Crippen molar-refractivity contribution in [2.75, 3.05) is 18.0 Å². The number of anilines is 1. The average molecular weight is 797 g/mol. The van der Waals surface area contributed by atoms with Crippen molar-refractivity contribution in [2.24, 2.45) is 23.7 Å². The lowest BCUT2D eigenvalue weighted by Gasteiger charge is -2.59. The van der Waals surface area contributed by atoms with Gasteiger partial charge >= 0.3 is 12.1 Å². The number of benzene rings is 1. The second-order valence-electron chi connectivity index (χ2n) is 16.7. The van der Waals surface area contributed by atoms with E-state index in [2.05, 4.69) is 20.3 Å². The molecule has 5 saturated carbocycles. The third-order valence-corrected chi connectivity index (χ3v) is 13.3. The second kappa shape index (κ2) is 13.9. The molecule has 3 aromatic heterocycles. The van der Waals surface area contributed by atoms with Crippen LogP contribution < -0.4 is 15.0 Å². The summed E-state index contributed by atoms with van der Waals surface area (Å²) < 4.78 is 97.5. The molecule has 2 N–H and O–H groups in total. The molecule has 5 aliphatic carbocycles. The molecule has 4 aromatic rings. The number of alkyl halides is 5. The number of carbonyl (C=O) groups excluding carboxylic acids is 1. The Morgan fingerprint density at radius 1 is 0.895 bits per heavy atom. The van der Waals surface area contributed by atoms with Crippen LogP contribution in [-0.2, 0) is 11.0 Å². The number of nitrogens with zero attached hydrogens (tertiary/aromatic N) is 5. The normalized spacial score (nSPS) is 27.5. The number of carbonyl (C=O) groups is 2. The molecule has 4 heterocycles. The molecule has 6 fully saturated rings. The number of fused-ring (bicyclic) bond motifs is 1. The monoisotopic (exact) mass is 796 g/mol. The number of carboxylic acid groups (broad SMARTS) is 1. The number of hydrogen-bond acceptors (Lipinski definition) is 7. The Bertz CT molecular complexity index is 2170. The number of ether oxygens (including phenoxy) is 1. The Morgan fingerprint density at radius 2 is 1.54 bits per heavy atom. The fourth-order valence-corrected chi connectivity index (χ4v) is 10.8. The molecule has 302 valence electrons. The standard InChI is InChI=1S/C41H42F6N6O4/c42-33-32(57-27-8-14-52(15-9-27)38-48-12-1-13-49-38)5-3-28-30(21-53(34(28)33)26-6-10-39(43,44)11-7-26)31-4-2-29(35(50-31)41(45,46)47)36(54)51-40(37(55)56)24-17-22-16-23(19-24)20-25(40)18-22/h1-5,12-13,21-27H,6-11,14-20H2,(H,51,54)(H,55,56). The number of aromatic nitrogens is 4. The van der Waals surface area contributed by atoms with Crippen LogP contribution in [-0.4, -0.2) is 67.2 Å². The molecule has 6 aliphatic rings. The van der Waals surface area contributed by atoms with E-state index < -0.39 is 65.5 Å². The molecule has 0 spiro atoms. The number of hydrogen-bond donors (Lipinski definition) is 2. The van der Waals surface area contributed by atoms with E-state index in [4.69, 9.17) is 4.74 Å². The zero-order valence-corrected chi connectivity index (χ0v) is 31.0. The Morgan fingerprint density at radius 3 is 2.16 bits per heavy atom. The van der Waals surface area contributed by atoms with Gasteiger partial charge in [0.25, 0.3) is 5.91 Å². The molecule has 1 saturated heterocycles. The maximum atomic E-state index is 16.7. The Hall–Kier alpha value is -4.89. The highest BCUT2D eigenvalue weighted by Gasteiger charge is 2.62. The first-order valence-electron chi connectivity index (χ1n) is 19.7. The predicted molar refractivity (Wildman–Crippen MR) is 195 cm³/mol. The summed E-state index contributed by atoms with van der Waals surface area (Å²) in [6.07, 6.45) is 2.88. The molecule has 0 radical (unpaired) electrons.